The maximum Gasteiger partial charge on any atom is 0.274 e. The van der Waals surface area contributed by atoms with Gasteiger partial charge in [0.2, 0.25) is 17.7 Å². The van der Waals surface area contributed by atoms with Crippen LogP contribution in [0.5, 0.6) is 5.75 Å². The Hall–Kier alpha value is -5.20. The first kappa shape index (κ1) is 37.1. The average molecular weight is 700 g/mol. The molecule has 2 aliphatic heterocycles. The van der Waals surface area contributed by atoms with Gasteiger partial charge in [0.05, 0.1) is 7.11 Å². The average Bonchev–Trinajstić information content (AvgIpc) is 3.77. The van der Waals surface area contributed by atoms with Crippen LogP contribution >= 0.6 is 0 Å². The molecule has 4 atom stereocenters. The molecular formula is C38H49N7O6. The van der Waals surface area contributed by atoms with Crippen LogP contribution in [-0.2, 0) is 40.2 Å². The van der Waals surface area contributed by atoms with Gasteiger partial charge in [-0.15, -0.1) is 0 Å². The Labute approximate surface area is 298 Å². The first-order valence-electron chi connectivity index (χ1n) is 17.8. The molecule has 0 spiro atoms. The number of carbonyl (C=O) groups is 5. The number of methoxy groups -OCH3 is 1. The smallest absolute Gasteiger partial charge is 0.274 e. The van der Waals surface area contributed by atoms with Crippen LogP contribution in [0.15, 0.2) is 48.5 Å². The highest BCUT2D eigenvalue weighted by molar-refractivity contribution is 5.99. The second-order valence-corrected chi connectivity index (χ2v) is 13.5. The lowest BCUT2D eigenvalue weighted by molar-refractivity contribution is -0.132. The van der Waals surface area contributed by atoms with E-state index < -0.39 is 35.8 Å². The summed E-state index contributed by atoms with van der Waals surface area (Å²) in [6.45, 7) is 6.46. The summed E-state index contributed by atoms with van der Waals surface area (Å²) in [5.41, 5.74) is 4.40. The van der Waals surface area contributed by atoms with Crippen molar-refractivity contribution in [1.82, 2.24) is 36.4 Å². The van der Waals surface area contributed by atoms with Gasteiger partial charge in [-0.2, -0.15) is 5.10 Å². The standard InChI is InChI=1S/C38H49N7O6/c1-5-23(2)32-37(49)41-31(21-25-13-17-28(51-4)18-14-25)36(48)40-24(3)34(46)39-19-6-7-20-45(22-26-11-15-27(16-12-26)35(47)42-32)38(50)33-29-9-8-10-30(29)43-44-33/h11-18,23-24,31-32H,5-10,19-22H2,1-4H3,(H,39,46)(H,40,48)(H,41,49)(H,42,47)(H,43,44)/t23-,24+,31-,32?/m0/s1. The van der Waals surface area contributed by atoms with Gasteiger partial charge in [0.1, 0.15) is 23.9 Å². The number of nitrogens with zero attached hydrogens (tertiary/aromatic N) is 2. The number of fused-ring (bicyclic) bond motifs is 19. The molecule has 1 unspecified atom stereocenters. The Kier molecular flexibility index (Phi) is 12.5. The number of hydrogen-bond acceptors (Lipinski definition) is 7. The Balaban J connectivity index is 1.39. The normalized spacial score (nSPS) is 21.4. The highest BCUT2D eigenvalue weighted by Gasteiger charge is 2.32. The van der Waals surface area contributed by atoms with E-state index in [1.54, 1.807) is 43.2 Å². The predicted octanol–water partition coefficient (Wildman–Crippen LogP) is 2.84. The van der Waals surface area contributed by atoms with Crippen molar-refractivity contribution < 1.29 is 28.7 Å². The van der Waals surface area contributed by atoms with Gasteiger partial charge in [0.15, 0.2) is 5.69 Å². The van der Waals surface area contributed by atoms with Gasteiger partial charge in [-0.3, -0.25) is 29.1 Å². The van der Waals surface area contributed by atoms with Gasteiger partial charge >= 0.3 is 0 Å². The molecular weight excluding hydrogens is 650 g/mol. The van der Waals surface area contributed by atoms with E-state index in [0.29, 0.717) is 55.9 Å². The van der Waals surface area contributed by atoms with E-state index in [-0.39, 0.29) is 24.2 Å². The number of amides is 5. The fourth-order valence-electron chi connectivity index (χ4n) is 6.45. The van der Waals surface area contributed by atoms with E-state index in [0.717, 1.165) is 41.6 Å². The van der Waals surface area contributed by atoms with Crippen LogP contribution in [0.2, 0.25) is 0 Å². The van der Waals surface area contributed by atoms with Gasteiger partial charge in [-0.25, -0.2) is 0 Å². The van der Waals surface area contributed by atoms with Gasteiger partial charge in [0, 0.05) is 42.9 Å². The molecule has 5 amide bonds. The van der Waals surface area contributed by atoms with Crippen molar-refractivity contribution in [1.29, 1.82) is 0 Å². The Morgan fingerprint density at radius 1 is 0.922 bits per heavy atom. The fraction of sp³-hybridized carbons (Fsp3) is 0.474. The summed E-state index contributed by atoms with van der Waals surface area (Å²) >= 11 is 0. The van der Waals surface area contributed by atoms with Crippen molar-refractivity contribution >= 4 is 29.5 Å². The summed E-state index contributed by atoms with van der Waals surface area (Å²) < 4.78 is 5.26. The molecule has 13 nitrogen and oxygen atoms in total. The molecule has 2 aromatic carbocycles. The quantitative estimate of drug-likeness (QED) is 0.246. The first-order chi connectivity index (χ1) is 24.6. The molecule has 272 valence electrons. The number of benzene rings is 2. The molecule has 0 saturated heterocycles. The highest BCUT2D eigenvalue weighted by Crippen LogP contribution is 2.24. The van der Waals surface area contributed by atoms with Crippen molar-refractivity contribution in [2.75, 3.05) is 20.2 Å². The molecule has 0 fully saturated rings. The first-order valence-corrected chi connectivity index (χ1v) is 17.8. The third-order valence-electron chi connectivity index (χ3n) is 9.81. The molecule has 0 radical (unpaired) electrons. The van der Waals surface area contributed by atoms with Crippen molar-refractivity contribution in [2.24, 2.45) is 5.92 Å². The summed E-state index contributed by atoms with van der Waals surface area (Å²) in [4.78, 5) is 69.6. The molecule has 6 rings (SSSR count). The fourth-order valence-corrected chi connectivity index (χ4v) is 6.45. The second kappa shape index (κ2) is 17.1. The number of aromatic amines is 1. The Bertz CT molecular complexity index is 1700. The molecule has 1 aliphatic carbocycles. The molecule has 0 saturated carbocycles. The largest absolute Gasteiger partial charge is 0.497 e. The zero-order valence-electron chi connectivity index (χ0n) is 29.8. The molecule has 51 heavy (non-hydrogen) atoms. The lowest BCUT2D eigenvalue weighted by atomic mass is 9.96. The molecule has 3 aliphatic rings. The lowest BCUT2D eigenvalue weighted by Gasteiger charge is -2.27. The number of ether oxygens (including phenoxy) is 1. The topological polar surface area (TPSA) is 175 Å². The minimum atomic E-state index is -1.03. The van der Waals surface area contributed by atoms with Crippen LogP contribution in [0.25, 0.3) is 0 Å². The third kappa shape index (κ3) is 9.33. The maximum atomic E-state index is 13.8. The summed E-state index contributed by atoms with van der Waals surface area (Å²) in [6, 6.07) is 11.3. The third-order valence-corrected chi connectivity index (χ3v) is 9.81. The Morgan fingerprint density at radius 2 is 1.67 bits per heavy atom. The van der Waals surface area contributed by atoms with E-state index in [9.17, 15) is 24.0 Å². The number of carbonyl (C=O) groups excluding carboxylic acids is 5. The predicted molar refractivity (Wildman–Crippen MR) is 191 cm³/mol. The van der Waals surface area contributed by atoms with Crippen LogP contribution in [-0.4, -0.2) is 83.0 Å². The van der Waals surface area contributed by atoms with Crippen molar-refractivity contribution in [3.8, 4) is 5.75 Å². The summed E-state index contributed by atoms with van der Waals surface area (Å²) in [5, 5.41) is 18.8. The molecule has 2 bridgehead atoms. The monoisotopic (exact) mass is 699 g/mol. The number of hydrogen-bond donors (Lipinski definition) is 5. The SMILES string of the molecule is CC[C@H](C)C1NC(=O)c2ccc(cc2)CN(C(=O)c2n[nH]c3c2CCC3)CCCCNC(=O)[C@@H](C)NC(=O)[C@H](Cc2ccc(OC)cc2)NC1=O. The molecule has 13 heteroatoms. The van der Waals surface area contributed by atoms with E-state index in [2.05, 4.69) is 31.5 Å². The molecule has 5 N–H and O–H groups in total. The van der Waals surface area contributed by atoms with Crippen LogP contribution < -0.4 is 26.0 Å². The van der Waals surface area contributed by atoms with Gasteiger partial charge in [-0.1, -0.05) is 44.5 Å². The van der Waals surface area contributed by atoms with Crippen LogP contribution in [0.4, 0.5) is 0 Å². The lowest BCUT2D eigenvalue weighted by Crippen LogP contribution is -2.58. The van der Waals surface area contributed by atoms with E-state index in [1.165, 1.54) is 0 Å². The summed E-state index contributed by atoms with van der Waals surface area (Å²) in [7, 11) is 1.56. The zero-order valence-corrected chi connectivity index (χ0v) is 29.8. The van der Waals surface area contributed by atoms with Crippen molar-refractivity contribution in [2.45, 2.75) is 90.4 Å². The van der Waals surface area contributed by atoms with Crippen LogP contribution in [0.3, 0.4) is 0 Å². The number of rotatable bonds is 6. The summed E-state index contributed by atoms with van der Waals surface area (Å²) in [5.74, 6) is -1.62. The van der Waals surface area contributed by atoms with E-state index in [1.807, 2.05) is 38.1 Å². The maximum absolute atomic E-state index is 13.8. The van der Waals surface area contributed by atoms with E-state index in [4.69, 9.17) is 4.74 Å². The number of nitrogens with one attached hydrogen (secondary N) is 5. The second-order valence-electron chi connectivity index (χ2n) is 13.5. The van der Waals surface area contributed by atoms with Gasteiger partial charge < -0.3 is 30.9 Å². The van der Waals surface area contributed by atoms with Crippen molar-refractivity contribution in [3.05, 3.63) is 82.2 Å². The zero-order chi connectivity index (χ0) is 36.5. The number of aromatic nitrogens is 2. The van der Waals surface area contributed by atoms with Crippen molar-refractivity contribution in [3.63, 3.8) is 0 Å². The number of H-pyrrole nitrogens is 1. The molecule has 1 aromatic heterocycles. The minimum absolute atomic E-state index is 0.148. The van der Waals surface area contributed by atoms with Gasteiger partial charge in [0.25, 0.3) is 11.8 Å². The minimum Gasteiger partial charge on any atom is -0.497 e. The molecule has 3 heterocycles. The highest BCUT2D eigenvalue weighted by atomic mass is 16.5. The van der Waals surface area contributed by atoms with E-state index >= 15 is 0 Å². The Morgan fingerprint density at radius 3 is 2.37 bits per heavy atom. The summed E-state index contributed by atoms with van der Waals surface area (Å²) in [6.07, 6.45) is 4.62. The van der Waals surface area contributed by atoms with Crippen LogP contribution in [0.1, 0.15) is 89.7 Å². The van der Waals surface area contributed by atoms with Gasteiger partial charge in [-0.05, 0) is 80.3 Å². The molecule has 3 aromatic rings. The van der Waals surface area contributed by atoms with Crippen LogP contribution in [0, 0.1) is 5.92 Å². The number of aryl methyl sites for hydroxylation is 1.